The molecular weight excluding hydrogens is 934 g/mol. The SMILES string of the molecule is CCCC[C](=[Zn])/C(CCCC)=C(/CCCC)c1[c-]c2nc3nc(nc4[nH]c(nc5nc(nc1[nH]2)-c1c(CCCC)c(CCCC)c(CCCC)c(CCCC)c1-5)c1c(CCCC)cccc41)-c1ccccc1-3. The fraction of sp³-hybridized carbons (Fsp3) is 0.508. The third-order valence-electron chi connectivity index (χ3n) is 15.1. The van der Waals surface area contributed by atoms with Crippen LogP contribution in [0.15, 0.2) is 48.0 Å². The second-order valence-corrected chi connectivity index (χ2v) is 22.3. The van der Waals surface area contributed by atoms with Crippen LogP contribution in [-0.4, -0.2) is 44.0 Å². The Bertz CT molecular complexity index is 3060. The molecule has 0 unspecified atom stereocenters. The molecule has 0 saturated carbocycles. The molecule has 6 aromatic rings. The van der Waals surface area contributed by atoms with Crippen LogP contribution in [0.25, 0.3) is 84.5 Å². The van der Waals surface area contributed by atoms with Crippen molar-refractivity contribution in [2.75, 3.05) is 0 Å². The molecule has 0 saturated heterocycles. The van der Waals surface area contributed by atoms with E-state index in [-0.39, 0.29) is 0 Å². The van der Waals surface area contributed by atoms with Gasteiger partial charge in [0.2, 0.25) is 0 Å². The number of rotatable bonds is 26. The van der Waals surface area contributed by atoms with E-state index in [0.29, 0.717) is 17.3 Å². The van der Waals surface area contributed by atoms with Crippen LogP contribution in [0.2, 0.25) is 0 Å². The summed E-state index contributed by atoms with van der Waals surface area (Å²) in [5.74, 6) is 2.79. The number of nitrogens with zero attached hydrogens (tertiary/aromatic N) is 6. The molecule has 0 atom stereocenters. The number of unbranched alkanes of at least 4 members (excludes halogenated alkanes) is 8. The molecular formula is C63H81N8Zn-. The quantitative estimate of drug-likeness (QED) is 0.0413. The molecule has 0 fully saturated rings. The van der Waals surface area contributed by atoms with Gasteiger partial charge in [-0.05, 0) is 24.8 Å². The fourth-order valence-corrected chi connectivity index (χ4v) is 12.5. The van der Waals surface area contributed by atoms with E-state index < -0.39 is 0 Å². The van der Waals surface area contributed by atoms with Crippen molar-refractivity contribution in [2.24, 2.45) is 0 Å². The molecule has 8 nitrogen and oxygen atoms in total. The zero-order valence-electron chi connectivity index (χ0n) is 45.4. The molecule has 0 aliphatic carbocycles. The van der Waals surface area contributed by atoms with Crippen LogP contribution in [0.4, 0.5) is 0 Å². The molecule has 2 aliphatic heterocycles. The molecule has 0 amide bonds. The van der Waals surface area contributed by atoms with Crippen molar-refractivity contribution in [3.05, 3.63) is 87.5 Å². The summed E-state index contributed by atoms with van der Waals surface area (Å²) in [6.07, 6.45) is 26.4. The Morgan fingerprint density at radius 1 is 0.458 bits per heavy atom. The van der Waals surface area contributed by atoms with Crippen molar-refractivity contribution in [2.45, 2.75) is 209 Å². The number of allylic oxidation sites excluding steroid dienone is 2. The van der Waals surface area contributed by atoms with Gasteiger partial charge in [0.25, 0.3) is 0 Å². The van der Waals surface area contributed by atoms with Gasteiger partial charge in [-0.2, -0.15) is 0 Å². The number of aromatic amines is 2. The van der Waals surface area contributed by atoms with Crippen LogP contribution in [0, 0.1) is 6.07 Å². The average molecular weight is 1020 g/mol. The van der Waals surface area contributed by atoms with Crippen molar-refractivity contribution in [3.63, 3.8) is 0 Å². The Morgan fingerprint density at radius 2 is 0.958 bits per heavy atom. The van der Waals surface area contributed by atoms with Gasteiger partial charge in [-0.15, -0.1) is 0 Å². The molecule has 376 valence electrons. The number of H-pyrrole nitrogens is 2. The number of hydrogen-bond acceptors (Lipinski definition) is 6. The number of hydrogen-bond donors (Lipinski definition) is 2. The van der Waals surface area contributed by atoms with E-state index in [9.17, 15) is 0 Å². The van der Waals surface area contributed by atoms with Gasteiger partial charge in [0.1, 0.15) is 0 Å². The minimum absolute atomic E-state index is 0.626. The van der Waals surface area contributed by atoms with E-state index in [1.54, 1.807) is 15.2 Å². The molecule has 3 aromatic carbocycles. The predicted octanol–water partition coefficient (Wildman–Crippen LogP) is 17.3. The van der Waals surface area contributed by atoms with Crippen LogP contribution in [0.3, 0.4) is 0 Å². The zero-order valence-corrected chi connectivity index (χ0v) is 48.4. The Labute approximate surface area is 440 Å². The summed E-state index contributed by atoms with van der Waals surface area (Å²) in [5.41, 5.74) is 18.5. The third kappa shape index (κ3) is 11.5. The topological polar surface area (TPSA) is 109 Å². The number of nitrogens with one attached hydrogen (secondary N) is 2. The van der Waals surface area contributed by atoms with Gasteiger partial charge in [0.05, 0.1) is 0 Å². The van der Waals surface area contributed by atoms with E-state index >= 15 is 0 Å². The minimum atomic E-state index is 0.626. The fourth-order valence-electron chi connectivity index (χ4n) is 11.1. The molecule has 3 aromatic heterocycles. The molecule has 2 N–H and O–H groups in total. The summed E-state index contributed by atoms with van der Waals surface area (Å²) in [6.45, 7) is 18.5. The van der Waals surface area contributed by atoms with Gasteiger partial charge in [0, 0.05) is 5.39 Å². The second-order valence-electron chi connectivity index (χ2n) is 20.5. The molecule has 2 aliphatic rings. The number of benzene rings is 3. The summed E-state index contributed by atoms with van der Waals surface area (Å²) in [4.78, 5) is 41.2. The molecule has 9 heteroatoms. The first-order valence-electron chi connectivity index (χ1n) is 28.6. The molecule has 0 spiro atoms. The van der Waals surface area contributed by atoms with Crippen molar-refractivity contribution in [3.8, 4) is 45.6 Å². The van der Waals surface area contributed by atoms with Crippen molar-refractivity contribution < 1.29 is 17.9 Å². The van der Waals surface area contributed by atoms with Crippen LogP contribution in [0.5, 0.6) is 0 Å². The van der Waals surface area contributed by atoms with E-state index in [2.05, 4.69) is 114 Å². The first-order chi connectivity index (χ1) is 35.3. The number of aromatic nitrogens is 8. The predicted molar refractivity (Wildman–Crippen MR) is 301 cm³/mol. The third-order valence-corrected chi connectivity index (χ3v) is 16.7. The molecule has 8 bridgehead atoms. The summed E-state index contributed by atoms with van der Waals surface area (Å²) in [6, 6.07) is 18.9. The van der Waals surface area contributed by atoms with Crippen molar-refractivity contribution >= 4 is 43.0 Å². The van der Waals surface area contributed by atoms with Crippen LogP contribution in [-0.2, 0) is 50.0 Å². The molecule has 5 heterocycles. The van der Waals surface area contributed by atoms with Gasteiger partial charge in [0.15, 0.2) is 0 Å². The Morgan fingerprint density at radius 3 is 1.56 bits per heavy atom. The van der Waals surface area contributed by atoms with Crippen molar-refractivity contribution in [1.29, 1.82) is 0 Å². The number of aryl methyl sites for hydroxylation is 1. The normalized spacial score (nSPS) is 12.4. The molecule has 8 rings (SSSR count). The van der Waals surface area contributed by atoms with Crippen LogP contribution < -0.4 is 0 Å². The average Bonchev–Trinajstić information content (AvgIpc) is 4.15. The first-order valence-corrected chi connectivity index (χ1v) is 30.1. The summed E-state index contributed by atoms with van der Waals surface area (Å²) < 4.78 is 1.61. The Balaban J connectivity index is 1.62. The zero-order chi connectivity index (χ0) is 50.6. The van der Waals surface area contributed by atoms with Gasteiger partial charge >= 0.3 is 335 Å². The Kier molecular flexibility index (Phi) is 19.1. The van der Waals surface area contributed by atoms with E-state index in [4.69, 9.17) is 29.9 Å². The van der Waals surface area contributed by atoms with E-state index in [1.165, 1.54) is 51.8 Å². The number of fused-ring (bicyclic) bond motifs is 17. The maximum absolute atomic E-state index is 5.90. The van der Waals surface area contributed by atoms with Gasteiger partial charge in [-0.25, -0.2) is 0 Å². The molecule has 72 heavy (non-hydrogen) atoms. The first kappa shape index (κ1) is 53.3. The van der Waals surface area contributed by atoms with Gasteiger partial charge in [-0.3, -0.25) is 0 Å². The Hall–Kier alpha value is -5.01. The summed E-state index contributed by atoms with van der Waals surface area (Å²) >= 11 is 1.16. The standard InChI is InChI=1S/C63H81N8.Zn/c1-9-17-25-31-42(29-18-10-2)44(33-20-12-4)52-41-53-64-57-49-38-26-27-39-50(49)58(66-57)67-59-51-40-28-32-43(30-19-11-3)54(51)61(68-59)70-63-56-48(37-24-16-8)46(35-22-14-6)45(34-21-13-5)47(36-23-15-7)55(56)62(71-63)69-60(52)65-53;/h26-28,32,38-40H,9-25,29-30,33-37H2,1-8H3,(H2,64,65,66,67,68,69,70,71);/q-1;/b44-42-;. The summed E-state index contributed by atoms with van der Waals surface area (Å²) in [5, 5.41) is 2.16. The van der Waals surface area contributed by atoms with Gasteiger partial charge < -0.3 is 0 Å². The van der Waals surface area contributed by atoms with Crippen LogP contribution in [0.1, 0.15) is 211 Å². The van der Waals surface area contributed by atoms with Crippen LogP contribution >= 0.6 is 0 Å². The summed E-state index contributed by atoms with van der Waals surface area (Å²) in [7, 11) is 0. The van der Waals surface area contributed by atoms with E-state index in [0.717, 1.165) is 215 Å². The molecule has 0 radical (unpaired) electrons. The second kappa shape index (κ2) is 25.8. The monoisotopic (exact) mass is 1010 g/mol. The van der Waals surface area contributed by atoms with Crippen molar-refractivity contribution in [1.82, 2.24) is 39.9 Å². The maximum atomic E-state index is 5.90. The van der Waals surface area contributed by atoms with Gasteiger partial charge in [-0.1, -0.05) is 78.5 Å². The van der Waals surface area contributed by atoms with E-state index in [1.807, 2.05) is 0 Å².